The van der Waals surface area contributed by atoms with Crippen LogP contribution in [0.2, 0.25) is 0 Å². The smallest absolute Gasteiger partial charge is 0.319 e. The maximum Gasteiger partial charge on any atom is 0.319 e. The molecule has 0 radical (unpaired) electrons. The van der Waals surface area contributed by atoms with Gasteiger partial charge in [0.05, 0.1) is 6.54 Å². The van der Waals surface area contributed by atoms with Crippen LogP contribution in [-0.4, -0.2) is 47.1 Å². The number of nitrogens with one attached hydrogen (secondary N) is 2. The van der Waals surface area contributed by atoms with Crippen molar-refractivity contribution in [1.29, 1.82) is 0 Å². The van der Waals surface area contributed by atoms with Crippen molar-refractivity contribution in [3.05, 3.63) is 47.5 Å². The number of piperidine rings is 1. The summed E-state index contributed by atoms with van der Waals surface area (Å²) in [6.07, 6.45) is 2.35. The van der Waals surface area contributed by atoms with Gasteiger partial charge in [-0.1, -0.05) is 0 Å². The third kappa shape index (κ3) is 5.92. The molecule has 1 aliphatic heterocycles. The largest absolute Gasteiger partial charge is 0.490 e. The first-order valence-electron chi connectivity index (χ1n) is 9.29. The number of likely N-dealkylation sites (tertiary alicyclic amines) is 1. The molecule has 2 amide bonds. The fourth-order valence-electron chi connectivity index (χ4n) is 3.12. The molecular weight excluding hydrogens is 342 g/mol. The highest BCUT2D eigenvalue weighted by Gasteiger charge is 2.17. The van der Waals surface area contributed by atoms with E-state index in [1.165, 1.54) is 0 Å². The molecule has 2 N–H and O–H groups in total. The molecule has 2 heterocycles. The highest BCUT2D eigenvalue weighted by atomic mass is 16.5. The molecule has 0 bridgehead atoms. The number of ether oxygens (including phenoxy) is 1. The van der Waals surface area contributed by atoms with Crippen molar-refractivity contribution in [2.75, 3.05) is 25.5 Å². The molecule has 0 saturated carbocycles. The minimum atomic E-state index is -0.290. The molecule has 7 heteroatoms. The Hall–Kier alpha value is -2.67. The molecule has 144 valence electrons. The highest BCUT2D eigenvalue weighted by molar-refractivity contribution is 5.89. The van der Waals surface area contributed by atoms with Crippen LogP contribution in [0.1, 0.15) is 30.1 Å². The number of aryl methyl sites for hydroxylation is 2. The second-order valence-corrected chi connectivity index (χ2v) is 7.02. The van der Waals surface area contributed by atoms with Gasteiger partial charge in [-0.2, -0.15) is 0 Å². The van der Waals surface area contributed by atoms with Gasteiger partial charge >= 0.3 is 6.03 Å². The summed E-state index contributed by atoms with van der Waals surface area (Å²) in [5.74, 6) is 1.43. The van der Waals surface area contributed by atoms with Gasteiger partial charge in [0.25, 0.3) is 0 Å². The predicted molar refractivity (Wildman–Crippen MR) is 105 cm³/mol. The molecule has 7 nitrogen and oxygen atoms in total. The number of carbonyl (C=O) groups is 1. The highest BCUT2D eigenvalue weighted by Crippen LogP contribution is 2.20. The van der Waals surface area contributed by atoms with Crippen LogP contribution in [0.3, 0.4) is 0 Å². The number of hydrogen-bond donors (Lipinski definition) is 2. The Morgan fingerprint density at radius 1 is 1.15 bits per heavy atom. The summed E-state index contributed by atoms with van der Waals surface area (Å²) in [6, 6.07) is 9.08. The number of anilines is 1. The van der Waals surface area contributed by atoms with Gasteiger partial charge in [0.1, 0.15) is 17.7 Å². The zero-order valence-electron chi connectivity index (χ0n) is 16.2. The molecule has 0 aliphatic carbocycles. The molecular formula is C20H27N5O2. The second-order valence-electron chi connectivity index (χ2n) is 7.02. The van der Waals surface area contributed by atoms with Crippen molar-refractivity contribution in [1.82, 2.24) is 20.2 Å². The second kappa shape index (κ2) is 8.81. The summed E-state index contributed by atoms with van der Waals surface area (Å²) in [4.78, 5) is 23.0. The quantitative estimate of drug-likeness (QED) is 0.847. The first-order valence-corrected chi connectivity index (χ1v) is 9.29. The molecule has 1 aromatic carbocycles. The standard InChI is InChI=1S/C20H27N5O2/c1-14-12-15(2)23-19(22-14)13-21-20(26)24-16-4-6-17(7-5-16)27-18-8-10-25(3)11-9-18/h4-7,12,18H,8-11,13H2,1-3H3,(H2,21,24,26). The Labute approximate surface area is 160 Å². The zero-order valence-corrected chi connectivity index (χ0v) is 16.2. The lowest BCUT2D eigenvalue weighted by atomic mass is 10.1. The predicted octanol–water partition coefficient (Wildman–Crippen LogP) is 2.89. The fourth-order valence-corrected chi connectivity index (χ4v) is 3.12. The maximum absolute atomic E-state index is 12.1. The van der Waals surface area contributed by atoms with Crippen LogP contribution in [0.5, 0.6) is 5.75 Å². The van der Waals surface area contributed by atoms with Crippen molar-refractivity contribution in [3.63, 3.8) is 0 Å². The van der Waals surface area contributed by atoms with Crippen LogP contribution in [-0.2, 0) is 6.54 Å². The Morgan fingerprint density at radius 2 is 1.78 bits per heavy atom. The van der Waals surface area contributed by atoms with E-state index in [0.717, 1.165) is 43.1 Å². The molecule has 1 fully saturated rings. The average Bonchev–Trinajstić information content (AvgIpc) is 2.63. The first-order chi connectivity index (χ1) is 13.0. The third-order valence-electron chi connectivity index (χ3n) is 4.52. The Bertz CT molecular complexity index is 750. The number of nitrogens with zero attached hydrogens (tertiary/aromatic N) is 3. The van der Waals surface area contributed by atoms with Gasteiger partial charge in [0.2, 0.25) is 0 Å². The summed E-state index contributed by atoms with van der Waals surface area (Å²) in [5.41, 5.74) is 2.49. The Kier molecular flexibility index (Phi) is 6.24. The van der Waals surface area contributed by atoms with Gasteiger partial charge in [0, 0.05) is 30.2 Å². The molecule has 0 atom stereocenters. The summed E-state index contributed by atoms with van der Waals surface area (Å²) < 4.78 is 6.02. The lowest BCUT2D eigenvalue weighted by Crippen LogP contribution is -2.35. The Morgan fingerprint density at radius 3 is 2.41 bits per heavy atom. The fraction of sp³-hybridized carbons (Fsp3) is 0.450. The van der Waals surface area contributed by atoms with Gasteiger partial charge < -0.3 is 20.3 Å². The van der Waals surface area contributed by atoms with Crippen molar-refractivity contribution in [2.24, 2.45) is 0 Å². The monoisotopic (exact) mass is 369 g/mol. The lowest BCUT2D eigenvalue weighted by Gasteiger charge is -2.29. The van der Waals surface area contributed by atoms with E-state index < -0.39 is 0 Å². The van der Waals surface area contributed by atoms with Crippen LogP contribution < -0.4 is 15.4 Å². The number of amides is 2. The molecule has 0 unspecified atom stereocenters. The molecule has 1 aliphatic rings. The summed E-state index contributed by atoms with van der Waals surface area (Å²) in [5, 5.41) is 5.59. The minimum absolute atomic E-state index is 0.265. The summed E-state index contributed by atoms with van der Waals surface area (Å²) >= 11 is 0. The topological polar surface area (TPSA) is 79.4 Å². The zero-order chi connectivity index (χ0) is 19.2. The van der Waals surface area contributed by atoms with Gasteiger partial charge in [-0.3, -0.25) is 0 Å². The van der Waals surface area contributed by atoms with Crippen molar-refractivity contribution >= 4 is 11.7 Å². The van der Waals surface area contributed by atoms with Gasteiger partial charge in [0.15, 0.2) is 0 Å². The minimum Gasteiger partial charge on any atom is -0.490 e. The first kappa shape index (κ1) is 19.1. The van der Waals surface area contributed by atoms with Gasteiger partial charge in [-0.25, -0.2) is 14.8 Å². The number of rotatable bonds is 5. The SMILES string of the molecule is Cc1cc(C)nc(CNC(=O)Nc2ccc(OC3CCN(C)CC3)cc2)n1. The molecule has 1 aromatic heterocycles. The number of urea groups is 1. The van der Waals surface area contributed by atoms with Crippen LogP contribution in [0.4, 0.5) is 10.5 Å². The number of carbonyl (C=O) groups excluding carboxylic acids is 1. The van der Waals surface area contributed by atoms with Crippen LogP contribution >= 0.6 is 0 Å². The number of hydrogen-bond acceptors (Lipinski definition) is 5. The third-order valence-corrected chi connectivity index (χ3v) is 4.52. The van der Waals surface area contributed by atoms with E-state index >= 15 is 0 Å². The normalized spacial score (nSPS) is 15.4. The van der Waals surface area contributed by atoms with Gasteiger partial charge in [-0.15, -0.1) is 0 Å². The van der Waals surface area contributed by atoms with Crippen molar-refractivity contribution in [2.45, 2.75) is 39.3 Å². The van der Waals surface area contributed by atoms with E-state index in [0.29, 0.717) is 11.5 Å². The Balaban J connectivity index is 1.46. The number of aromatic nitrogens is 2. The summed E-state index contributed by atoms with van der Waals surface area (Å²) in [7, 11) is 2.13. The van der Waals surface area contributed by atoms with Crippen molar-refractivity contribution in [3.8, 4) is 5.75 Å². The summed E-state index contributed by atoms with van der Waals surface area (Å²) in [6.45, 7) is 6.23. The van der Waals surface area contributed by atoms with Crippen LogP contribution in [0.25, 0.3) is 0 Å². The molecule has 0 spiro atoms. The van der Waals surface area contributed by atoms with E-state index in [4.69, 9.17) is 4.74 Å². The van der Waals surface area contributed by atoms with Crippen molar-refractivity contribution < 1.29 is 9.53 Å². The van der Waals surface area contributed by atoms with Crippen LogP contribution in [0.15, 0.2) is 30.3 Å². The molecule has 2 aromatic rings. The average molecular weight is 369 g/mol. The van der Waals surface area contributed by atoms with E-state index in [-0.39, 0.29) is 18.7 Å². The maximum atomic E-state index is 12.1. The molecule has 1 saturated heterocycles. The lowest BCUT2D eigenvalue weighted by molar-refractivity contribution is 0.114. The number of benzene rings is 1. The van der Waals surface area contributed by atoms with E-state index in [1.54, 1.807) is 0 Å². The molecule has 27 heavy (non-hydrogen) atoms. The molecule has 3 rings (SSSR count). The van der Waals surface area contributed by atoms with E-state index in [2.05, 4.69) is 32.5 Å². The van der Waals surface area contributed by atoms with E-state index in [1.807, 2.05) is 44.2 Å². The van der Waals surface area contributed by atoms with Crippen LogP contribution in [0, 0.1) is 13.8 Å². The van der Waals surface area contributed by atoms with Gasteiger partial charge in [-0.05, 0) is 64.1 Å². The van der Waals surface area contributed by atoms with E-state index in [9.17, 15) is 4.79 Å².